The quantitative estimate of drug-likeness (QED) is 0.0359. The predicted octanol–water partition coefficient (Wildman–Crippen LogP) is 15.6. The normalized spacial score (nSPS) is 15.9. The van der Waals surface area contributed by atoms with Crippen LogP contribution in [0, 0.1) is 11.8 Å². The largest absolute Gasteiger partial charge is 0.466 e. The molecular formula is C59H115NO9. The molecule has 1 N–H and O–H groups in total. The van der Waals surface area contributed by atoms with Crippen molar-refractivity contribution in [3.05, 3.63) is 0 Å². The molecule has 10 nitrogen and oxygen atoms in total. The number of rotatable bonds is 54. The first-order chi connectivity index (χ1) is 34.0. The number of hydrogen-bond acceptors (Lipinski definition) is 10. The minimum atomic E-state index is -0.322. The summed E-state index contributed by atoms with van der Waals surface area (Å²) in [6, 6.07) is 0. The maximum Gasteiger partial charge on any atom is 0.305 e. The third-order valence-electron chi connectivity index (χ3n) is 14.2. The lowest BCUT2D eigenvalue weighted by Crippen LogP contribution is -2.41. The molecule has 0 bridgehead atoms. The van der Waals surface area contributed by atoms with Crippen LogP contribution in [0.5, 0.6) is 0 Å². The number of ether oxygens (including phenoxy) is 6. The van der Waals surface area contributed by atoms with E-state index < -0.39 is 0 Å². The van der Waals surface area contributed by atoms with E-state index in [0.29, 0.717) is 71.2 Å². The molecule has 1 heterocycles. The van der Waals surface area contributed by atoms with Gasteiger partial charge in [-0.25, -0.2) is 0 Å². The number of hydrogen-bond donors (Lipinski definition) is 1. The van der Waals surface area contributed by atoms with E-state index in [1.165, 1.54) is 173 Å². The molecule has 1 aliphatic rings. The Kier molecular flexibility index (Phi) is 49.1. The van der Waals surface area contributed by atoms with Crippen molar-refractivity contribution in [2.75, 3.05) is 65.9 Å². The van der Waals surface area contributed by atoms with E-state index in [9.17, 15) is 14.7 Å². The average Bonchev–Trinajstić information content (AvgIpc) is 3.35. The Morgan fingerprint density at radius 3 is 1.17 bits per heavy atom. The number of carbonyl (C=O) groups is 2. The molecule has 3 unspecified atom stereocenters. The van der Waals surface area contributed by atoms with Gasteiger partial charge >= 0.3 is 11.9 Å². The first-order valence-electron chi connectivity index (χ1n) is 30.1. The van der Waals surface area contributed by atoms with Gasteiger partial charge in [-0.1, -0.05) is 201 Å². The second kappa shape index (κ2) is 51.6. The van der Waals surface area contributed by atoms with E-state index in [4.69, 9.17) is 28.4 Å². The Morgan fingerprint density at radius 1 is 0.435 bits per heavy atom. The standard InChI is InChI=1S/C59H115NO9/c1-5-9-12-15-18-25-34-50-67-58(66-47-8-4)41-39-56(62)64-49-33-29-22-24-31-38-55-53-60(45-46-61)44-43-54(55)37-30-23-21-28-32-48-65-57(63)40-42-59(68-51-35-26-19-16-13-10-6-2)69-52-36-27-20-17-14-11-7-3/h54-55,58-59,61H,5-53H2,1-4H3. The van der Waals surface area contributed by atoms with Gasteiger partial charge in [0.15, 0.2) is 12.6 Å². The predicted molar refractivity (Wildman–Crippen MR) is 287 cm³/mol. The molecular weight excluding hydrogens is 867 g/mol. The highest BCUT2D eigenvalue weighted by molar-refractivity contribution is 5.69. The second-order valence-electron chi connectivity index (χ2n) is 20.7. The van der Waals surface area contributed by atoms with Gasteiger partial charge in [0.2, 0.25) is 0 Å². The molecule has 3 atom stereocenters. The Hall–Kier alpha value is -1.30. The summed E-state index contributed by atoms with van der Waals surface area (Å²) in [7, 11) is 0. The van der Waals surface area contributed by atoms with Gasteiger partial charge in [-0.15, -0.1) is 0 Å². The van der Waals surface area contributed by atoms with Gasteiger partial charge in [0.1, 0.15) is 0 Å². The number of likely N-dealkylation sites (tertiary alicyclic amines) is 1. The van der Waals surface area contributed by atoms with Crippen LogP contribution in [-0.4, -0.2) is 100 Å². The van der Waals surface area contributed by atoms with Crippen molar-refractivity contribution < 1.29 is 43.1 Å². The molecule has 0 aromatic heterocycles. The number of aliphatic hydroxyl groups is 1. The molecule has 0 spiro atoms. The molecule has 0 aromatic rings. The summed E-state index contributed by atoms with van der Waals surface area (Å²) in [5.74, 6) is 1.18. The Balaban J connectivity index is 2.25. The summed E-state index contributed by atoms with van der Waals surface area (Å²) in [6.45, 7) is 15.8. The summed E-state index contributed by atoms with van der Waals surface area (Å²) in [6.07, 6.45) is 43.5. The molecule has 0 aromatic carbocycles. The third kappa shape index (κ3) is 42.9. The first-order valence-corrected chi connectivity index (χ1v) is 30.1. The summed E-state index contributed by atoms with van der Waals surface area (Å²) < 4.78 is 35.4. The average molecular weight is 983 g/mol. The van der Waals surface area contributed by atoms with Crippen molar-refractivity contribution in [3.63, 3.8) is 0 Å². The number of β-amino-alcohol motifs (C(OH)–C–C–N with tert-alkyl or cyclic N) is 1. The lowest BCUT2D eigenvalue weighted by Gasteiger charge is -2.39. The fourth-order valence-electron chi connectivity index (χ4n) is 9.77. The van der Waals surface area contributed by atoms with Crippen LogP contribution in [0.1, 0.15) is 278 Å². The van der Waals surface area contributed by atoms with Gasteiger partial charge in [0, 0.05) is 52.4 Å². The van der Waals surface area contributed by atoms with E-state index in [1.807, 2.05) is 0 Å². The molecule has 0 radical (unpaired) electrons. The molecule has 0 saturated carbocycles. The number of aliphatic hydroxyl groups excluding tert-OH is 1. The lowest BCUT2D eigenvalue weighted by molar-refractivity contribution is -0.159. The van der Waals surface area contributed by atoms with Crippen molar-refractivity contribution in [2.45, 2.75) is 291 Å². The Labute approximate surface area is 426 Å². The van der Waals surface area contributed by atoms with Crippen molar-refractivity contribution in [1.29, 1.82) is 0 Å². The highest BCUT2D eigenvalue weighted by Crippen LogP contribution is 2.32. The van der Waals surface area contributed by atoms with E-state index in [2.05, 4.69) is 32.6 Å². The molecule has 1 saturated heterocycles. The van der Waals surface area contributed by atoms with Crippen LogP contribution in [0.15, 0.2) is 0 Å². The minimum absolute atomic E-state index is 0.133. The van der Waals surface area contributed by atoms with Crippen molar-refractivity contribution in [2.24, 2.45) is 11.8 Å². The molecule has 69 heavy (non-hydrogen) atoms. The summed E-state index contributed by atoms with van der Waals surface area (Å²) in [5, 5.41) is 9.64. The van der Waals surface area contributed by atoms with Gasteiger partial charge in [0.05, 0.1) is 32.7 Å². The van der Waals surface area contributed by atoms with Gasteiger partial charge < -0.3 is 38.4 Å². The first kappa shape index (κ1) is 65.7. The Morgan fingerprint density at radius 2 is 0.783 bits per heavy atom. The van der Waals surface area contributed by atoms with Crippen LogP contribution in [0.2, 0.25) is 0 Å². The van der Waals surface area contributed by atoms with Crippen LogP contribution >= 0.6 is 0 Å². The zero-order chi connectivity index (χ0) is 49.9. The highest BCUT2D eigenvalue weighted by Gasteiger charge is 2.28. The number of nitrogens with zero attached hydrogens (tertiary/aromatic N) is 1. The monoisotopic (exact) mass is 982 g/mol. The molecule has 0 aliphatic carbocycles. The fourth-order valence-corrected chi connectivity index (χ4v) is 9.77. The number of unbranched alkanes of at least 4 members (excludes halogenated alkanes) is 26. The van der Waals surface area contributed by atoms with Gasteiger partial charge in [-0.05, 0) is 69.7 Å². The lowest BCUT2D eigenvalue weighted by atomic mass is 9.79. The van der Waals surface area contributed by atoms with Gasteiger partial charge in [-0.2, -0.15) is 0 Å². The number of piperidine rings is 1. The SMILES string of the molecule is CCCCCCCCCOC(CCC(=O)OCCCCCCCC1CN(CCO)CCC1CCCCCCCOC(=O)CCC(OCCCCCCCCC)OCCCCCCCCC)OCCC. The van der Waals surface area contributed by atoms with E-state index >= 15 is 0 Å². The maximum atomic E-state index is 12.7. The number of esters is 2. The van der Waals surface area contributed by atoms with Crippen molar-refractivity contribution >= 4 is 11.9 Å². The second-order valence-corrected chi connectivity index (χ2v) is 20.7. The summed E-state index contributed by atoms with van der Waals surface area (Å²) >= 11 is 0. The fraction of sp³-hybridized carbons (Fsp3) is 0.966. The van der Waals surface area contributed by atoms with E-state index in [1.54, 1.807) is 0 Å². The van der Waals surface area contributed by atoms with Gasteiger partial charge in [-0.3, -0.25) is 9.59 Å². The van der Waals surface area contributed by atoms with Crippen LogP contribution in [-0.2, 0) is 38.0 Å². The van der Waals surface area contributed by atoms with Crippen LogP contribution in [0.3, 0.4) is 0 Å². The highest BCUT2D eigenvalue weighted by atomic mass is 16.7. The van der Waals surface area contributed by atoms with Crippen molar-refractivity contribution in [1.82, 2.24) is 4.90 Å². The van der Waals surface area contributed by atoms with E-state index in [0.717, 1.165) is 76.9 Å². The van der Waals surface area contributed by atoms with Crippen LogP contribution in [0.4, 0.5) is 0 Å². The molecule has 410 valence electrons. The third-order valence-corrected chi connectivity index (χ3v) is 14.2. The zero-order valence-corrected chi connectivity index (χ0v) is 46.1. The van der Waals surface area contributed by atoms with Crippen LogP contribution in [0.25, 0.3) is 0 Å². The van der Waals surface area contributed by atoms with E-state index in [-0.39, 0.29) is 31.1 Å². The van der Waals surface area contributed by atoms with Crippen LogP contribution < -0.4 is 0 Å². The van der Waals surface area contributed by atoms with Crippen molar-refractivity contribution in [3.8, 4) is 0 Å². The molecule has 1 rings (SSSR count). The van der Waals surface area contributed by atoms with Gasteiger partial charge in [0.25, 0.3) is 0 Å². The Bertz CT molecular complexity index is 1060. The zero-order valence-electron chi connectivity index (χ0n) is 46.1. The summed E-state index contributed by atoms with van der Waals surface area (Å²) in [4.78, 5) is 27.6. The molecule has 10 heteroatoms. The summed E-state index contributed by atoms with van der Waals surface area (Å²) in [5.41, 5.74) is 0. The molecule has 1 fully saturated rings. The maximum absolute atomic E-state index is 12.7. The smallest absolute Gasteiger partial charge is 0.305 e. The minimum Gasteiger partial charge on any atom is -0.466 e. The molecule has 0 amide bonds. The number of carbonyl (C=O) groups excluding carboxylic acids is 2. The molecule has 1 aliphatic heterocycles. The topological polar surface area (TPSA) is 113 Å².